The van der Waals surface area contributed by atoms with Crippen molar-refractivity contribution in [1.29, 1.82) is 0 Å². The Morgan fingerprint density at radius 3 is 2.75 bits per heavy atom. The summed E-state index contributed by atoms with van der Waals surface area (Å²) in [5.74, 6) is 0.723. The maximum atomic E-state index is 11.9. The fraction of sp³-hybridized carbons (Fsp3) is 0.357. The Kier molecular flexibility index (Phi) is 4.84. The summed E-state index contributed by atoms with van der Waals surface area (Å²) in [4.78, 5) is 16.1. The van der Waals surface area contributed by atoms with Gasteiger partial charge in [-0.15, -0.1) is 0 Å². The zero-order valence-corrected chi connectivity index (χ0v) is 11.7. The molecule has 0 saturated heterocycles. The van der Waals surface area contributed by atoms with E-state index in [1.54, 1.807) is 11.0 Å². The molecule has 0 radical (unpaired) electrons. The summed E-state index contributed by atoms with van der Waals surface area (Å²) < 4.78 is 1.67. The van der Waals surface area contributed by atoms with E-state index in [2.05, 4.69) is 20.7 Å². The molecule has 0 aliphatic carbocycles. The fourth-order valence-electron chi connectivity index (χ4n) is 1.76. The molecule has 2 rings (SSSR count). The van der Waals surface area contributed by atoms with E-state index >= 15 is 0 Å². The van der Waals surface area contributed by atoms with Crippen molar-refractivity contribution in [2.24, 2.45) is 7.05 Å². The highest BCUT2D eigenvalue weighted by Crippen LogP contribution is 2.05. The highest BCUT2D eigenvalue weighted by molar-refractivity contribution is 5.94. The molecule has 0 aliphatic rings. The predicted octanol–water partition coefficient (Wildman–Crippen LogP) is 0.974. The first-order chi connectivity index (χ1) is 9.65. The molecule has 0 aliphatic heterocycles. The van der Waals surface area contributed by atoms with Crippen molar-refractivity contribution in [3.05, 3.63) is 42.5 Å². The highest BCUT2D eigenvalue weighted by atomic mass is 16.2. The van der Waals surface area contributed by atoms with Crippen LogP contribution >= 0.6 is 0 Å². The lowest BCUT2D eigenvalue weighted by atomic mass is 10.2. The zero-order valence-electron chi connectivity index (χ0n) is 11.7. The van der Waals surface area contributed by atoms with Crippen LogP contribution in [-0.4, -0.2) is 33.3 Å². The fourth-order valence-corrected chi connectivity index (χ4v) is 1.76. The summed E-state index contributed by atoms with van der Waals surface area (Å²) in [7, 11) is 1.83. The Labute approximate surface area is 118 Å². The first kappa shape index (κ1) is 14.2. The number of aryl methyl sites for hydroxylation is 1. The summed E-state index contributed by atoms with van der Waals surface area (Å²) >= 11 is 0. The van der Waals surface area contributed by atoms with Gasteiger partial charge in [0.15, 0.2) is 5.82 Å². The minimum absolute atomic E-state index is 0.0508. The van der Waals surface area contributed by atoms with Crippen LogP contribution in [0.25, 0.3) is 0 Å². The molecular weight excluding hydrogens is 254 g/mol. The molecular formula is C14H19N5O. The number of rotatable bonds is 6. The molecule has 1 aromatic heterocycles. The van der Waals surface area contributed by atoms with Gasteiger partial charge < -0.3 is 10.6 Å². The lowest BCUT2D eigenvalue weighted by Crippen LogP contribution is -2.39. The van der Waals surface area contributed by atoms with Crippen molar-refractivity contribution in [1.82, 2.24) is 20.1 Å². The van der Waals surface area contributed by atoms with Gasteiger partial charge in [-0.3, -0.25) is 9.48 Å². The van der Waals surface area contributed by atoms with Gasteiger partial charge in [0, 0.05) is 25.7 Å². The van der Waals surface area contributed by atoms with Gasteiger partial charge in [-0.05, 0) is 19.1 Å². The van der Waals surface area contributed by atoms with Crippen LogP contribution in [0.3, 0.4) is 0 Å². The van der Waals surface area contributed by atoms with Crippen LogP contribution in [-0.2, 0) is 18.3 Å². The Hall–Kier alpha value is -2.21. The van der Waals surface area contributed by atoms with Gasteiger partial charge >= 0.3 is 0 Å². The number of carbonyl (C=O) groups is 1. The Morgan fingerprint density at radius 1 is 1.35 bits per heavy atom. The average Bonchev–Trinajstić information content (AvgIpc) is 2.85. The average molecular weight is 273 g/mol. The molecule has 20 heavy (non-hydrogen) atoms. The van der Waals surface area contributed by atoms with Crippen molar-refractivity contribution in [3.8, 4) is 0 Å². The number of nitrogens with zero attached hydrogens (tertiary/aromatic N) is 3. The summed E-state index contributed by atoms with van der Waals surface area (Å²) in [6.07, 6.45) is 2.37. The minimum atomic E-state index is -0.265. The third-order valence-electron chi connectivity index (χ3n) is 2.88. The lowest BCUT2D eigenvalue weighted by molar-refractivity contribution is -0.117. The van der Waals surface area contributed by atoms with E-state index in [0.29, 0.717) is 13.0 Å². The summed E-state index contributed by atoms with van der Waals surface area (Å²) in [6, 6.07) is 9.15. The normalized spacial score (nSPS) is 12.1. The maximum absolute atomic E-state index is 11.9. The molecule has 0 fully saturated rings. The number of hydrogen-bond acceptors (Lipinski definition) is 4. The molecule has 0 saturated carbocycles. The standard InChI is InChI=1S/C14H19N5O/c1-11(14(20)17-12-6-4-3-5-7-12)15-9-8-13-16-10-19(2)18-13/h3-7,10-11,15H,8-9H2,1-2H3,(H,17,20). The van der Waals surface area contributed by atoms with Gasteiger partial charge in [-0.25, -0.2) is 4.98 Å². The second kappa shape index (κ2) is 6.81. The monoisotopic (exact) mass is 273 g/mol. The molecule has 1 aromatic carbocycles. The summed E-state index contributed by atoms with van der Waals surface area (Å²) in [6.45, 7) is 2.50. The van der Waals surface area contributed by atoms with Crippen LogP contribution in [0.15, 0.2) is 36.7 Å². The van der Waals surface area contributed by atoms with Gasteiger partial charge in [0.1, 0.15) is 6.33 Å². The number of nitrogens with one attached hydrogen (secondary N) is 2. The second-order valence-corrected chi connectivity index (χ2v) is 4.62. The van der Waals surface area contributed by atoms with Gasteiger partial charge in [0.25, 0.3) is 0 Å². The van der Waals surface area contributed by atoms with Crippen LogP contribution in [0.2, 0.25) is 0 Å². The molecule has 1 unspecified atom stereocenters. The molecule has 6 nitrogen and oxygen atoms in total. The molecule has 0 bridgehead atoms. The van der Waals surface area contributed by atoms with E-state index in [-0.39, 0.29) is 11.9 Å². The number of carbonyl (C=O) groups excluding carboxylic acids is 1. The van der Waals surface area contributed by atoms with Crippen molar-refractivity contribution in [2.45, 2.75) is 19.4 Å². The van der Waals surface area contributed by atoms with Crippen LogP contribution in [0.1, 0.15) is 12.7 Å². The topological polar surface area (TPSA) is 71.8 Å². The van der Waals surface area contributed by atoms with Crippen molar-refractivity contribution >= 4 is 11.6 Å². The van der Waals surface area contributed by atoms with E-state index in [0.717, 1.165) is 11.5 Å². The molecule has 1 atom stereocenters. The van der Waals surface area contributed by atoms with Crippen molar-refractivity contribution < 1.29 is 4.79 Å². The highest BCUT2D eigenvalue weighted by Gasteiger charge is 2.12. The summed E-state index contributed by atoms with van der Waals surface area (Å²) in [5, 5.41) is 10.2. The Balaban J connectivity index is 1.74. The van der Waals surface area contributed by atoms with E-state index in [4.69, 9.17) is 0 Å². The van der Waals surface area contributed by atoms with Gasteiger partial charge in [0.2, 0.25) is 5.91 Å². The Bertz CT molecular complexity index is 552. The molecule has 1 amide bonds. The molecule has 2 N–H and O–H groups in total. The molecule has 1 heterocycles. The van der Waals surface area contributed by atoms with Gasteiger partial charge in [-0.1, -0.05) is 18.2 Å². The molecule has 6 heteroatoms. The SMILES string of the molecule is CC(NCCc1ncn(C)n1)C(=O)Nc1ccccc1. The number of hydrogen-bond donors (Lipinski definition) is 2. The quantitative estimate of drug-likeness (QED) is 0.823. The number of aromatic nitrogens is 3. The third-order valence-corrected chi connectivity index (χ3v) is 2.88. The second-order valence-electron chi connectivity index (χ2n) is 4.62. The summed E-state index contributed by atoms with van der Waals surface area (Å²) in [5.41, 5.74) is 0.803. The maximum Gasteiger partial charge on any atom is 0.241 e. The van der Waals surface area contributed by atoms with Crippen LogP contribution in [0, 0.1) is 0 Å². The predicted molar refractivity (Wildman–Crippen MR) is 77.2 cm³/mol. The molecule has 0 spiro atoms. The smallest absolute Gasteiger partial charge is 0.241 e. The third kappa shape index (κ3) is 4.17. The van der Waals surface area contributed by atoms with Crippen LogP contribution in [0.4, 0.5) is 5.69 Å². The lowest BCUT2D eigenvalue weighted by Gasteiger charge is -2.13. The van der Waals surface area contributed by atoms with Crippen LogP contribution in [0.5, 0.6) is 0 Å². The minimum Gasteiger partial charge on any atom is -0.325 e. The van der Waals surface area contributed by atoms with Crippen LogP contribution < -0.4 is 10.6 Å². The Morgan fingerprint density at radius 2 is 2.10 bits per heavy atom. The largest absolute Gasteiger partial charge is 0.325 e. The van der Waals surface area contributed by atoms with Gasteiger partial charge in [-0.2, -0.15) is 5.10 Å². The number of benzene rings is 1. The van der Waals surface area contributed by atoms with E-state index < -0.39 is 0 Å². The molecule has 106 valence electrons. The number of para-hydroxylation sites is 1. The van der Waals surface area contributed by atoms with Crippen molar-refractivity contribution in [3.63, 3.8) is 0 Å². The van der Waals surface area contributed by atoms with Crippen molar-refractivity contribution in [2.75, 3.05) is 11.9 Å². The van der Waals surface area contributed by atoms with Gasteiger partial charge in [0.05, 0.1) is 6.04 Å². The number of amides is 1. The molecule has 2 aromatic rings. The van der Waals surface area contributed by atoms with E-state index in [1.165, 1.54) is 0 Å². The first-order valence-corrected chi connectivity index (χ1v) is 6.59. The zero-order chi connectivity index (χ0) is 14.4. The number of anilines is 1. The van der Waals surface area contributed by atoms with E-state index in [9.17, 15) is 4.79 Å². The first-order valence-electron chi connectivity index (χ1n) is 6.59. The van der Waals surface area contributed by atoms with E-state index in [1.807, 2.05) is 44.3 Å².